The molecule has 54 heavy (non-hydrogen) atoms. The maximum absolute atomic E-state index is 12.3. The van der Waals surface area contributed by atoms with E-state index >= 15 is 0 Å². The van der Waals surface area contributed by atoms with E-state index in [2.05, 4.69) is 136 Å². The molecule has 1 N–H and O–H groups in total. The molecular formula is C46H70O6Si2. The zero-order valence-corrected chi connectivity index (χ0v) is 37.1. The zero-order chi connectivity index (χ0) is 39.7. The summed E-state index contributed by atoms with van der Waals surface area (Å²) in [6.07, 6.45) is 2.20. The Morgan fingerprint density at radius 3 is 1.81 bits per heavy atom. The third-order valence-electron chi connectivity index (χ3n) is 11.8. The van der Waals surface area contributed by atoms with Gasteiger partial charge in [0.2, 0.25) is 0 Å². The summed E-state index contributed by atoms with van der Waals surface area (Å²) in [6, 6.07) is 29.6. The van der Waals surface area contributed by atoms with Crippen molar-refractivity contribution in [1.82, 2.24) is 0 Å². The fourth-order valence-electron chi connectivity index (χ4n) is 9.23. The van der Waals surface area contributed by atoms with Crippen molar-refractivity contribution < 1.29 is 28.2 Å². The summed E-state index contributed by atoms with van der Waals surface area (Å²) in [5.41, 5.74) is 2.36. The van der Waals surface area contributed by atoms with E-state index in [9.17, 15) is 5.11 Å². The fourth-order valence-corrected chi connectivity index (χ4v) is 19.4. The van der Waals surface area contributed by atoms with E-state index in [0.29, 0.717) is 36.4 Å². The lowest BCUT2D eigenvalue weighted by Crippen LogP contribution is -2.67. The van der Waals surface area contributed by atoms with Crippen LogP contribution >= 0.6 is 0 Å². The molecule has 1 aliphatic rings. The Balaban J connectivity index is 1.62. The molecule has 0 radical (unpaired) electrons. The Morgan fingerprint density at radius 1 is 0.815 bits per heavy atom. The van der Waals surface area contributed by atoms with Crippen molar-refractivity contribution in [2.24, 2.45) is 11.8 Å². The first kappa shape index (κ1) is 44.2. The highest BCUT2D eigenvalue weighted by molar-refractivity contribution is 6.99. The minimum Gasteiger partial charge on any atom is -0.497 e. The van der Waals surface area contributed by atoms with Gasteiger partial charge in [-0.2, -0.15) is 0 Å². The number of hydrogen-bond acceptors (Lipinski definition) is 6. The summed E-state index contributed by atoms with van der Waals surface area (Å²) in [5.74, 6) is 0.711. The van der Waals surface area contributed by atoms with Gasteiger partial charge in [0, 0.05) is 18.6 Å². The predicted molar refractivity (Wildman–Crippen MR) is 229 cm³/mol. The number of methoxy groups -OCH3 is 1. The van der Waals surface area contributed by atoms with E-state index in [-0.39, 0.29) is 35.2 Å². The third kappa shape index (κ3) is 10.2. The highest BCUT2D eigenvalue weighted by atomic mass is 28.4. The molecule has 3 aromatic rings. The smallest absolute Gasteiger partial charge is 0.261 e. The lowest BCUT2D eigenvalue weighted by atomic mass is 9.80. The minimum absolute atomic E-state index is 0.0639. The van der Waals surface area contributed by atoms with Crippen LogP contribution in [0.1, 0.15) is 87.6 Å². The van der Waals surface area contributed by atoms with Gasteiger partial charge in [0.1, 0.15) is 18.0 Å². The molecule has 0 unspecified atom stereocenters. The van der Waals surface area contributed by atoms with Crippen LogP contribution in [0.3, 0.4) is 0 Å². The van der Waals surface area contributed by atoms with Crippen LogP contribution in [-0.4, -0.2) is 66.5 Å². The van der Waals surface area contributed by atoms with E-state index in [1.165, 1.54) is 10.4 Å². The summed E-state index contributed by atoms with van der Waals surface area (Å²) < 4.78 is 32.5. The standard InChI is InChI=1S/C46H70O6Si2/c1-13-20-38(29-36(8)52-54(46(9,10)11,40-21-16-14-17-22-40)41-23-18-15-19-24-41)42(31-50-53(33(2)3,34(4)5)35(6)7)44(47)45-43(51-45)32-49-30-37-25-27-39(48-12)28-26-37/h13-19,21-28,33-36,38,42-45,47H,1,20,29-32H2,2-12H3/t36-,38-,42+,43-,44+,45+/m0/s1. The average Bonchev–Trinajstić information content (AvgIpc) is 3.91. The zero-order valence-electron chi connectivity index (χ0n) is 35.1. The lowest BCUT2D eigenvalue weighted by Gasteiger charge is -2.46. The molecule has 298 valence electrons. The number of epoxide rings is 1. The van der Waals surface area contributed by atoms with E-state index in [4.69, 9.17) is 23.1 Å². The maximum Gasteiger partial charge on any atom is 0.261 e. The molecule has 0 aliphatic carbocycles. The Morgan fingerprint density at radius 2 is 1.35 bits per heavy atom. The maximum atomic E-state index is 12.3. The Bertz CT molecular complexity index is 1480. The van der Waals surface area contributed by atoms with Gasteiger partial charge in [0.25, 0.3) is 8.32 Å². The predicted octanol–water partition coefficient (Wildman–Crippen LogP) is 9.70. The van der Waals surface area contributed by atoms with Crippen molar-refractivity contribution in [1.29, 1.82) is 0 Å². The number of rotatable bonds is 22. The van der Waals surface area contributed by atoms with Crippen molar-refractivity contribution in [2.45, 2.75) is 135 Å². The molecule has 0 amide bonds. The molecule has 0 aromatic heterocycles. The summed E-state index contributed by atoms with van der Waals surface area (Å²) in [4.78, 5) is 0. The molecule has 0 bridgehead atoms. The molecule has 0 saturated carbocycles. The van der Waals surface area contributed by atoms with Crippen LogP contribution in [-0.2, 0) is 24.9 Å². The van der Waals surface area contributed by atoms with E-state index in [0.717, 1.165) is 24.2 Å². The van der Waals surface area contributed by atoms with Gasteiger partial charge in [-0.15, -0.1) is 6.58 Å². The molecular weight excluding hydrogens is 705 g/mol. The van der Waals surface area contributed by atoms with Crippen molar-refractivity contribution >= 4 is 27.0 Å². The van der Waals surface area contributed by atoms with Crippen molar-refractivity contribution in [3.8, 4) is 5.75 Å². The number of aliphatic hydroxyl groups is 1. The molecule has 1 aliphatic heterocycles. The van der Waals surface area contributed by atoms with Crippen LogP contribution in [0.4, 0.5) is 0 Å². The third-order valence-corrected chi connectivity index (χ3v) is 23.1. The molecule has 3 aromatic carbocycles. The summed E-state index contributed by atoms with van der Waals surface area (Å²) in [5, 5.41) is 14.7. The van der Waals surface area contributed by atoms with Gasteiger partial charge in [-0.25, -0.2) is 0 Å². The number of aliphatic hydroxyl groups excluding tert-OH is 1. The summed E-state index contributed by atoms with van der Waals surface area (Å²) in [6.45, 7) is 28.7. The van der Waals surface area contributed by atoms with Gasteiger partial charge >= 0.3 is 0 Å². The fraction of sp³-hybridized carbons (Fsp3) is 0.565. The quantitative estimate of drug-likeness (QED) is 0.0623. The average molecular weight is 775 g/mol. The number of ether oxygens (including phenoxy) is 3. The van der Waals surface area contributed by atoms with Crippen LogP contribution < -0.4 is 15.1 Å². The first-order valence-electron chi connectivity index (χ1n) is 20.2. The molecule has 8 heteroatoms. The summed E-state index contributed by atoms with van der Waals surface area (Å²) in [7, 11) is -3.35. The van der Waals surface area contributed by atoms with Crippen LogP contribution in [0.15, 0.2) is 97.6 Å². The Labute approximate surface area is 329 Å². The van der Waals surface area contributed by atoms with Crippen molar-refractivity contribution in [2.75, 3.05) is 20.3 Å². The first-order chi connectivity index (χ1) is 25.6. The van der Waals surface area contributed by atoms with Crippen LogP contribution in [0.5, 0.6) is 5.75 Å². The number of allylic oxidation sites excluding steroid dienone is 1. The SMILES string of the molecule is C=CC[C@@H](C[C@H](C)O[Si](c1ccccc1)(c1ccccc1)C(C)(C)C)[C@@H](CO[Si](C(C)C)(C(C)C)C(C)C)[C@@H](O)[C@@H]1O[C@H]1COCc1ccc(OC)cc1. The van der Waals surface area contributed by atoms with Crippen LogP contribution in [0.25, 0.3) is 0 Å². The van der Waals surface area contributed by atoms with E-state index in [1.807, 2.05) is 30.3 Å². The molecule has 6 nitrogen and oxygen atoms in total. The molecule has 6 atom stereocenters. The second-order valence-electron chi connectivity index (χ2n) is 17.4. The van der Waals surface area contributed by atoms with Gasteiger partial charge in [-0.3, -0.25) is 0 Å². The second kappa shape index (κ2) is 19.5. The first-order valence-corrected chi connectivity index (χ1v) is 24.2. The highest BCUT2D eigenvalue weighted by Gasteiger charge is 2.53. The monoisotopic (exact) mass is 774 g/mol. The van der Waals surface area contributed by atoms with E-state index < -0.39 is 22.7 Å². The van der Waals surface area contributed by atoms with Crippen molar-refractivity contribution in [3.05, 3.63) is 103 Å². The highest BCUT2D eigenvalue weighted by Crippen LogP contribution is 2.45. The van der Waals surface area contributed by atoms with Crippen molar-refractivity contribution in [3.63, 3.8) is 0 Å². The second-order valence-corrected chi connectivity index (χ2v) is 27.1. The molecule has 1 heterocycles. The van der Waals surface area contributed by atoms with Gasteiger partial charge in [-0.1, -0.05) is 141 Å². The number of hydrogen-bond donors (Lipinski definition) is 1. The van der Waals surface area contributed by atoms with Gasteiger partial charge in [-0.05, 0) is 75.4 Å². The molecule has 4 rings (SSSR count). The van der Waals surface area contributed by atoms with Gasteiger partial charge in [0.15, 0.2) is 8.32 Å². The Hall–Kier alpha value is -2.57. The van der Waals surface area contributed by atoms with Gasteiger partial charge in [0.05, 0.1) is 26.4 Å². The largest absolute Gasteiger partial charge is 0.497 e. The van der Waals surface area contributed by atoms with E-state index in [1.54, 1.807) is 7.11 Å². The molecule has 1 saturated heterocycles. The van der Waals surface area contributed by atoms with Crippen LogP contribution in [0.2, 0.25) is 21.7 Å². The number of benzene rings is 3. The molecule has 1 fully saturated rings. The lowest BCUT2D eigenvalue weighted by molar-refractivity contribution is 0.00566. The van der Waals surface area contributed by atoms with Gasteiger partial charge < -0.3 is 28.2 Å². The van der Waals surface area contributed by atoms with Crippen LogP contribution in [0, 0.1) is 11.8 Å². The minimum atomic E-state index is -2.79. The molecule has 0 spiro atoms. The normalized spacial score (nSPS) is 18.8. The Kier molecular flexibility index (Phi) is 16.0. The summed E-state index contributed by atoms with van der Waals surface area (Å²) >= 11 is 0. The topological polar surface area (TPSA) is 69.7 Å².